The summed E-state index contributed by atoms with van der Waals surface area (Å²) in [5, 5.41) is 13.4. The van der Waals surface area contributed by atoms with Gasteiger partial charge in [0.15, 0.2) is 11.0 Å². The van der Waals surface area contributed by atoms with Crippen molar-refractivity contribution in [3.05, 3.63) is 78.5 Å². The first-order valence-electron chi connectivity index (χ1n) is 10.3. The van der Waals surface area contributed by atoms with Crippen LogP contribution in [0.4, 0.5) is 0 Å². The predicted molar refractivity (Wildman–Crippen MR) is 126 cm³/mol. The largest absolute Gasteiger partial charge is 0.496 e. The van der Waals surface area contributed by atoms with Crippen LogP contribution in [0.5, 0.6) is 5.75 Å². The van der Waals surface area contributed by atoms with Gasteiger partial charge in [-0.25, -0.2) is 0 Å². The lowest BCUT2D eigenvalue weighted by molar-refractivity contribution is 0.416. The maximum atomic E-state index is 5.53. The number of thioether (sulfide) groups is 1. The van der Waals surface area contributed by atoms with E-state index in [0.29, 0.717) is 0 Å². The van der Waals surface area contributed by atoms with Crippen molar-refractivity contribution < 1.29 is 4.74 Å². The summed E-state index contributed by atoms with van der Waals surface area (Å²) in [7, 11) is 1.68. The molecule has 31 heavy (non-hydrogen) atoms. The summed E-state index contributed by atoms with van der Waals surface area (Å²) in [6, 6.07) is 24.7. The number of benzene rings is 3. The van der Waals surface area contributed by atoms with Crippen molar-refractivity contribution in [3.63, 3.8) is 0 Å². The Balaban J connectivity index is 1.52. The van der Waals surface area contributed by atoms with Crippen LogP contribution >= 0.6 is 11.8 Å². The third-order valence-electron chi connectivity index (χ3n) is 5.41. The summed E-state index contributed by atoms with van der Waals surface area (Å²) >= 11 is 1.66. The van der Waals surface area contributed by atoms with Crippen molar-refractivity contribution >= 4 is 33.4 Å². The molecule has 0 N–H and O–H groups in total. The van der Waals surface area contributed by atoms with Gasteiger partial charge >= 0.3 is 0 Å². The highest BCUT2D eigenvalue weighted by Crippen LogP contribution is 2.33. The van der Waals surface area contributed by atoms with Gasteiger partial charge in [-0.05, 0) is 30.5 Å². The SMILES string of the molecule is CCn1c(SCc2nc3ccccc3c3ccccc23)nnc1-c1ccccc1OC. The number of hydrogen-bond acceptors (Lipinski definition) is 5. The Bertz CT molecular complexity index is 1380. The molecule has 2 heterocycles. The highest BCUT2D eigenvalue weighted by atomic mass is 32.2. The molecule has 0 atom stereocenters. The van der Waals surface area contributed by atoms with E-state index < -0.39 is 0 Å². The van der Waals surface area contributed by atoms with Gasteiger partial charge in [0.25, 0.3) is 0 Å². The molecular formula is C25H22N4OS. The van der Waals surface area contributed by atoms with Gasteiger partial charge < -0.3 is 9.30 Å². The molecule has 0 aliphatic rings. The van der Waals surface area contributed by atoms with Crippen LogP contribution in [0.1, 0.15) is 12.6 Å². The van der Waals surface area contributed by atoms with Gasteiger partial charge in [-0.1, -0.05) is 66.4 Å². The third kappa shape index (κ3) is 3.53. The van der Waals surface area contributed by atoms with Crippen molar-refractivity contribution in [1.29, 1.82) is 0 Å². The monoisotopic (exact) mass is 426 g/mol. The van der Waals surface area contributed by atoms with Crippen molar-refractivity contribution in [1.82, 2.24) is 19.7 Å². The zero-order valence-electron chi connectivity index (χ0n) is 17.4. The van der Waals surface area contributed by atoms with E-state index >= 15 is 0 Å². The Morgan fingerprint density at radius 1 is 0.839 bits per heavy atom. The number of methoxy groups -OCH3 is 1. The van der Waals surface area contributed by atoms with E-state index in [1.807, 2.05) is 30.3 Å². The second-order valence-corrected chi connectivity index (χ2v) is 8.10. The molecule has 3 aromatic carbocycles. The van der Waals surface area contributed by atoms with Crippen LogP contribution in [-0.4, -0.2) is 26.9 Å². The third-order valence-corrected chi connectivity index (χ3v) is 6.38. The maximum Gasteiger partial charge on any atom is 0.191 e. The molecule has 0 bridgehead atoms. The highest BCUT2D eigenvalue weighted by molar-refractivity contribution is 7.98. The predicted octanol–water partition coefficient (Wildman–Crippen LogP) is 5.97. The average molecular weight is 427 g/mol. The van der Waals surface area contributed by atoms with Crippen LogP contribution in [0.15, 0.2) is 78.0 Å². The highest BCUT2D eigenvalue weighted by Gasteiger charge is 2.17. The molecule has 6 heteroatoms. The van der Waals surface area contributed by atoms with Crippen molar-refractivity contribution in [3.8, 4) is 17.1 Å². The lowest BCUT2D eigenvalue weighted by Gasteiger charge is -2.11. The fourth-order valence-corrected chi connectivity index (χ4v) is 4.88. The Labute approximate surface area is 185 Å². The van der Waals surface area contributed by atoms with Crippen LogP contribution in [0, 0.1) is 0 Å². The van der Waals surface area contributed by atoms with Gasteiger partial charge in [-0.3, -0.25) is 4.98 Å². The molecule has 5 aromatic rings. The molecule has 0 unspecified atom stereocenters. The fraction of sp³-hybridized carbons (Fsp3) is 0.160. The zero-order valence-corrected chi connectivity index (χ0v) is 18.3. The van der Waals surface area contributed by atoms with Crippen molar-refractivity contribution in [2.45, 2.75) is 24.4 Å². The maximum absolute atomic E-state index is 5.53. The van der Waals surface area contributed by atoms with E-state index in [2.05, 4.69) is 64.2 Å². The molecule has 5 rings (SSSR count). The first kappa shape index (κ1) is 19.6. The molecule has 0 saturated carbocycles. The number of rotatable bonds is 6. The van der Waals surface area contributed by atoms with Crippen LogP contribution in [0.3, 0.4) is 0 Å². The van der Waals surface area contributed by atoms with E-state index in [-0.39, 0.29) is 0 Å². The molecule has 0 radical (unpaired) electrons. The molecule has 5 nitrogen and oxygen atoms in total. The van der Waals surface area contributed by atoms with E-state index in [1.54, 1.807) is 18.9 Å². The zero-order chi connectivity index (χ0) is 21.2. The standard InChI is InChI=1S/C25H22N4OS/c1-3-29-24(20-13-7-9-15-23(20)30-2)27-28-25(29)31-16-22-19-12-5-4-10-17(19)18-11-6-8-14-21(18)26-22/h4-15H,3,16H2,1-2H3. The van der Waals surface area contributed by atoms with Gasteiger partial charge in [-0.2, -0.15) is 0 Å². The molecule has 0 aliphatic heterocycles. The first-order chi connectivity index (χ1) is 15.3. The molecule has 2 aromatic heterocycles. The second kappa shape index (κ2) is 8.40. The minimum Gasteiger partial charge on any atom is -0.496 e. The molecular weight excluding hydrogens is 404 g/mol. The van der Waals surface area contributed by atoms with Gasteiger partial charge in [0.1, 0.15) is 5.75 Å². The van der Waals surface area contributed by atoms with Gasteiger partial charge in [0.2, 0.25) is 0 Å². The molecule has 154 valence electrons. The minimum atomic E-state index is 0.718. The summed E-state index contributed by atoms with van der Waals surface area (Å²) in [6.07, 6.45) is 0. The quantitative estimate of drug-likeness (QED) is 0.247. The number of para-hydroxylation sites is 2. The first-order valence-corrected chi connectivity index (χ1v) is 11.2. The van der Waals surface area contributed by atoms with Crippen LogP contribution < -0.4 is 4.74 Å². The lowest BCUT2D eigenvalue weighted by Crippen LogP contribution is -2.01. The molecule has 0 spiro atoms. The number of ether oxygens (including phenoxy) is 1. The smallest absolute Gasteiger partial charge is 0.191 e. The summed E-state index contributed by atoms with van der Waals surface area (Å²) in [4.78, 5) is 4.97. The average Bonchev–Trinajstić information content (AvgIpc) is 3.25. The molecule has 0 aliphatic carbocycles. The summed E-state index contributed by atoms with van der Waals surface area (Å²) < 4.78 is 7.66. The van der Waals surface area contributed by atoms with Crippen molar-refractivity contribution in [2.24, 2.45) is 0 Å². The van der Waals surface area contributed by atoms with Gasteiger partial charge in [-0.15, -0.1) is 10.2 Å². The number of aromatic nitrogens is 4. The topological polar surface area (TPSA) is 52.8 Å². The lowest BCUT2D eigenvalue weighted by atomic mass is 10.0. The molecule has 0 fully saturated rings. The number of hydrogen-bond donors (Lipinski definition) is 0. The second-order valence-electron chi connectivity index (χ2n) is 7.16. The van der Waals surface area contributed by atoms with Crippen LogP contribution in [-0.2, 0) is 12.3 Å². The normalized spacial score (nSPS) is 11.3. The van der Waals surface area contributed by atoms with Crippen LogP contribution in [0.2, 0.25) is 0 Å². The number of nitrogens with zero attached hydrogens (tertiary/aromatic N) is 4. The van der Waals surface area contributed by atoms with E-state index in [1.165, 1.54) is 16.2 Å². The van der Waals surface area contributed by atoms with E-state index in [9.17, 15) is 0 Å². The van der Waals surface area contributed by atoms with Crippen LogP contribution in [0.25, 0.3) is 33.1 Å². The minimum absolute atomic E-state index is 0.718. The van der Waals surface area contributed by atoms with Crippen molar-refractivity contribution in [2.75, 3.05) is 7.11 Å². The van der Waals surface area contributed by atoms with E-state index in [0.717, 1.165) is 45.8 Å². The Hall–Kier alpha value is -3.38. The van der Waals surface area contributed by atoms with Gasteiger partial charge in [0.05, 0.1) is 23.9 Å². The summed E-state index contributed by atoms with van der Waals surface area (Å²) in [5.41, 5.74) is 3.02. The molecule has 0 amide bonds. The summed E-state index contributed by atoms with van der Waals surface area (Å²) in [5.74, 6) is 2.33. The molecule has 0 saturated heterocycles. The number of fused-ring (bicyclic) bond motifs is 3. The Morgan fingerprint density at radius 3 is 2.35 bits per heavy atom. The van der Waals surface area contributed by atoms with E-state index in [4.69, 9.17) is 9.72 Å². The fourth-order valence-electron chi connectivity index (χ4n) is 3.93. The summed E-state index contributed by atoms with van der Waals surface area (Å²) in [6.45, 7) is 2.88. The van der Waals surface area contributed by atoms with Gasteiger partial charge in [0, 0.05) is 23.1 Å². The number of pyridine rings is 1. The Morgan fingerprint density at radius 2 is 1.55 bits per heavy atom. The Kier molecular flexibility index (Phi) is 5.30.